The third-order valence-electron chi connectivity index (χ3n) is 11.6. The van der Waals surface area contributed by atoms with Gasteiger partial charge in [0, 0.05) is 21.8 Å². The Hall–Kier alpha value is -6.44. The number of hydrogen-bond acceptors (Lipinski definition) is 1. The van der Waals surface area contributed by atoms with Crippen molar-refractivity contribution in [3.63, 3.8) is 0 Å². The molecule has 1 heteroatoms. The minimum absolute atomic E-state index is 0.143. The first-order valence-electron chi connectivity index (χ1n) is 18.2. The van der Waals surface area contributed by atoms with Crippen LogP contribution in [0.4, 0.5) is 0 Å². The van der Waals surface area contributed by atoms with E-state index < -0.39 is 0 Å². The van der Waals surface area contributed by atoms with Crippen molar-refractivity contribution in [3.05, 3.63) is 181 Å². The zero-order chi connectivity index (χ0) is 34.6. The SMILES string of the molecule is CC1(C)c2ccccc2-c2ccc3c(oc4cc(-c5c6ccccc6c(-c6cccc(-c7ccc8ccccc8c7)c6)c6ccccc56)ccc43)c21. The smallest absolute Gasteiger partial charge is 0.140 e. The molecule has 1 heterocycles. The Labute approximate surface area is 302 Å². The molecule has 0 saturated heterocycles. The molecule has 0 spiro atoms. The molecule has 10 aromatic rings. The maximum absolute atomic E-state index is 6.92. The van der Waals surface area contributed by atoms with E-state index >= 15 is 0 Å². The zero-order valence-corrected chi connectivity index (χ0v) is 29.1. The Bertz CT molecular complexity index is 3040. The summed E-state index contributed by atoms with van der Waals surface area (Å²) in [5.74, 6) is 0. The number of fused-ring (bicyclic) bond motifs is 10. The Morgan fingerprint density at radius 2 is 0.962 bits per heavy atom. The molecule has 52 heavy (non-hydrogen) atoms. The molecule has 0 fully saturated rings. The van der Waals surface area contributed by atoms with E-state index in [1.54, 1.807) is 0 Å². The second-order valence-electron chi connectivity index (χ2n) is 14.8. The van der Waals surface area contributed by atoms with E-state index in [1.165, 1.54) is 87.8 Å². The molecule has 244 valence electrons. The van der Waals surface area contributed by atoms with Crippen molar-refractivity contribution >= 4 is 54.3 Å². The summed E-state index contributed by atoms with van der Waals surface area (Å²) in [5, 5.41) is 9.81. The Kier molecular flexibility index (Phi) is 6.08. The highest BCUT2D eigenvalue weighted by Gasteiger charge is 2.38. The highest BCUT2D eigenvalue weighted by Crippen LogP contribution is 2.53. The van der Waals surface area contributed by atoms with Crippen LogP contribution >= 0.6 is 0 Å². The van der Waals surface area contributed by atoms with Crippen molar-refractivity contribution in [1.29, 1.82) is 0 Å². The molecule has 9 aromatic carbocycles. The number of furan rings is 1. The first kappa shape index (κ1) is 29.3. The van der Waals surface area contributed by atoms with E-state index in [1.807, 2.05) is 0 Å². The number of rotatable bonds is 3. The molecule has 0 saturated carbocycles. The van der Waals surface area contributed by atoms with Crippen molar-refractivity contribution < 1.29 is 4.42 Å². The lowest BCUT2D eigenvalue weighted by Gasteiger charge is -2.21. The van der Waals surface area contributed by atoms with Crippen molar-refractivity contribution in [2.24, 2.45) is 0 Å². The molecule has 0 radical (unpaired) electrons. The largest absolute Gasteiger partial charge is 0.456 e. The van der Waals surface area contributed by atoms with Gasteiger partial charge in [0.15, 0.2) is 0 Å². The average molecular weight is 663 g/mol. The molecule has 0 amide bonds. The van der Waals surface area contributed by atoms with Gasteiger partial charge in [-0.3, -0.25) is 0 Å². The molecule has 0 atom stereocenters. The average Bonchev–Trinajstić information content (AvgIpc) is 3.68. The van der Waals surface area contributed by atoms with Gasteiger partial charge >= 0.3 is 0 Å². The zero-order valence-electron chi connectivity index (χ0n) is 29.1. The van der Waals surface area contributed by atoms with E-state index in [-0.39, 0.29) is 5.41 Å². The summed E-state index contributed by atoms with van der Waals surface area (Å²) in [6.45, 7) is 4.65. The van der Waals surface area contributed by atoms with Crippen LogP contribution in [-0.4, -0.2) is 0 Å². The number of benzene rings is 9. The standard InChI is InChI=1S/C51H34O/c1-51(2)45-21-10-9-16-37(45)43-26-27-44-38-25-24-36(30-46(38)52-50(44)49(43)51)48-41-19-7-5-17-39(41)47(40-18-6-8-20-42(40)48)35-15-11-14-33(29-35)34-23-22-31-12-3-4-13-32(31)28-34/h3-30H,1-2H3. The van der Waals surface area contributed by atoms with Crippen LogP contribution in [0.15, 0.2) is 174 Å². The highest BCUT2D eigenvalue weighted by molar-refractivity contribution is 6.22. The fourth-order valence-corrected chi connectivity index (χ4v) is 9.21. The van der Waals surface area contributed by atoms with E-state index in [9.17, 15) is 0 Å². The normalized spacial score (nSPS) is 13.3. The van der Waals surface area contributed by atoms with Gasteiger partial charge in [-0.05, 0) is 113 Å². The van der Waals surface area contributed by atoms with Crippen LogP contribution in [0.3, 0.4) is 0 Å². The van der Waals surface area contributed by atoms with Crippen molar-refractivity contribution in [2.45, 2.75) is 19.3 Å². The molecule has 0 unspecified atom stereocenters. The van der Waals surface area contributed by atoms with Gasteiger partial charge in [-0.2, -0.15) is 0 Å². The van der Waals surface area contributed by atoms with Gasteiger partial charge < -0.3 is 4.42 Å². The van der Waals surface area contributed by atoms with Gasteiger partial charge in [-0.1, -0.05) is 153 Å². The van der Waals surface area contributed by atoms with Crippen LogP contribution in [0.25, 0.3) is 98.8 Å². The summed E-state index contributed by atoms with van der Waals surface area (Å²) in [6.07, 6.45) is 0. The van der Waals surface area contributed by atoms with Gasteiger partial charge in [0.05, 0.1) is 0 Å². The predicted octanol–water partition coefficient (Wildman–Crippen LogP) is 14.4. The fraction of sp³-hybridized carbons (Fsp3) is 0.0588. The highest BCUT2D eigenvalue weighted by atomic mass is 16.3. The molecule has 0 aliphatic heterocycles. The van der Waals surface area contributed by atoms with Crippen LogP contribution in [0.1, 0.15) is 25.0 Å². The molecular formula is C51H34O. The molecule has 1 aliphatic rings. The van der Waals surface area contributed by atoms with Gasteiger partial charge in [0.2, 0.25) is 0 Å². The van der Waals surface area contributed by atoms with Gasteiger partial charge in [-0.15, -0.1) is 0 Å². The maximum atomic E-state index is 6.92. The predicted molar refractivity (Wildman–Crippen MR) is 220 cm³/mol. The quantitative estimate of drug-likeness (QED) is 0.172. The Morgan fingerprint density at radius 1 is 0.385 bits per heavy atom. The minimum Gasteiger partial charge on any atom is -0.456 e. The third-order valence-corrected chi connectivity index (χ3v) is 11.6. The lowest BCUT2D eigenvalue weighted by Crippen LogP contribution is -2.15. The summed E-state index contributed by atoms with van der Waals surface area (Å²) in [4.78, 5) is 0. The summed E-state index contributed by atoms with van der Waals surface area (Å²) in [6, 6.07) is 62.4. The summed E-state index contributed by atoms with van der Waals surface area (Å²) < 4.78 is 6.92. The minimum atomic E-state index is -0.143. The van der Waals surface area contributed by atoms with E-state index in [4.69, 9.17) is 4.42 Å². The first-order valence-corrected chi connectivity index (χ1v) is 18.2. The second-order valence-corrected chi connectivity index (χ2v) is 14.8. The Balaban J connectivity index is 1.11. The van der Waals surface area contributed by atoms with Crippen molar-refractivity contribution in [3.8, 4) is 44.5 Å². The lowest BCUT2D eigenvalue weighted by molar-refractivity contribution is 0.620. The molecule has 1 aromatic heterocycles. The molecule has 0 N–H and O–H groups in total. The first-order chi connectivity index (χ1) is 25.5. The van der Waals surface area contributed by atoms with E-state index in [0.717, 1.165) is 22.1 Å². The van der Waals surface area contributed by atoms with Gasteiger partial charge in [0.25, 0.3) is 0 Å². The molecular weight excluding hydrogens is 629 g/mol. The molecule has 0 bridgehead atoms. The van der Waals surface area contributed by atoms with E-state index in [2.05, 4.69) is 184 Å². The van der Waals surface area contributed by atoms with Gasteiger partial charge in [0.1, 0.15) is 11.2 Å². The monoisotopic (exact) mass is 662 g/mol. The molecule has 1 aliphatic carbocycles. The van der Waals surface area contributed by atoms with Crippen LogP contribution in [-0.2, 0) is 5.41 Å². The summed E-state index contributed by atoms with van der Waals surface area (Å²) >= 11 is 0. The van der Waals surface area contributed by atoms with Crippen LogP contribution in [0, 0.1) is 0 Å². The maximum Gasteiger partial charge on any atom is 0.140 e. The lowest BCUT2D eigenvalue weighted by atomic mass is 9.82. The van der Waals surface area contributed by atoms with Crippen LogP contribution in [0.2, 0.25) is 0 Å². The Morgan fingerprint density at radius 3 is 1.71 bits per heavy atom. The summed E-state index contributed by atoms with van der Waals surface area (Å²) in [5.41, 5.74) is 14.3. The van der Waals surface area contributed by atoms with Crippen molar-refractivity contribution in [1.82, 2.24) is 0 Å². The topological polar surface area (TPSA) is 13.1 Å². The van der Waals surface area contributed by atoms with Crippen LogP contribution < -0.4 is 0 Å². The third kappa shape index (κ3) is 4.11. The fourth-order valence-electron chi connectivity index (χ4n) is 9.21. The molecule has 1 nitrogen and oxygen atoms in total. The van der Waals surface area contributed by atoms with E-state index in [0.29, 0.717) is 0 Å². The van der Waals surface area contributed by atoms with Crippen molar-refractivity contribution in [2.75, 3.05) is 0 Å². The molecule has 11 rings (SSSR count). The van der Waals surface area contributed by atoms with Crippen LogP contribution in [0.5, 0.6) is 0 Å². The summed E-state index contributed by atoms with van der Waals surface area (Å²) in [7, 11) is 0. The van der Waals surface area contributed by atoms with Gasteiger partial charge in [-0.25, -0.2) is 0 Å². The second kappa shape index (κ2) is 10.8. The number of hydrogen-bond donors (Lipinski definition) is 0.